The van der Waals surface area contributed by atoms with Gasteiger partial charge in [0.1, 0.15) is 0 Å². The molecule has 0 aliphatic carbocycles. The summed E-state index contributed by atoms with van der Waals surface area (Å²) in [5, 5.41) is 0. The topological polar surface area (TPSA) is 64.9 Å². The summed E-state index contributed by atoms with van der Waals surface area (Å²) in [5.74, 6) is 9.67. The highest BCUT2D eigenvalue weighted by molar-refractivity contribution is 5.09. The molecule has 0 bridgehead atoms. The molecular weight excluding hydrogens is 198 g/mol. The van der Waals surface area contributed by atoms with Gasteiger partial charge in [-0.05, 0) is 42.4 Å². The lowest BCUT2D eigenvalue weighted by Gasteiger charge is -2.18. The predicted molar refractivity (Wildman–Crippen MR) is 69.6 cm³/mol. The molecule has 0 aliphatic heterocycles. The zero-order chi connectivity index (χ0) is 12.4. The van der Waals surface area contributed by atoms with Crippen LogP contribution in [0.25, 0.3) is 0 Å². The Balaban J connectivity index is 0.00000106. The van der Waals surface area contributed by atoms with Gasteiger partial charge in [-0.15, -0.1) is 0 Å². The monoisotopic (exact) mass is 223 g/mol. The molecule has 1 rings (SSSR count). The lowest BCUT2D eigenvalue weighted by atomic mass is 9.88. The molecule has 0 aliphatic rings. The number of rotatable bonds is 5. The average molecular weight is 223 g/mol. The fourth-order valence-corrected chi connectivity index (χ4v) is 1.91. The third kappa shape index (κ3) is 5.83. The van der Waals surface area contributed by atoms with Gasteiger partial charge in [0.05, 0.1) is 0 Å². The van der Waals surface area contributed by atoms with E-state index in [0.29, 0.717) is 0 Å². The first-order valence-electron chi connectivity index (χ1n) is 5.96. The van der Waals surface area contributed by atoms with E-state index in [-0.39, 0.29) is 0 Å². The number of nitrogens with zero attached hydrogens (tertiary/aromatic N) is 1. The van der Waals surface area contributed by atoms with Gasteiger partial charge in [0.15, 0.2) is 0 Å². The van der Waals surface area contributed by atoms with Gasteiger partial charge in [-0.2, -0.15) is 0 Å². The molecule has 0 spiro atoms. The summed E-state index contributed by atoms with van der Waals surface area (Å²) in [6, 6.07) is 4.24. The fourth-order valence-electron chi connectivity index (χ4n) is 1.91. The SMILES string of the molecule is CCC(CCc1ccncc1)C(C)C.NN. The zero-order valence-electron chi connectivity index (χ0n) is 10.7. The average Bonchev–Trinajstić information content (AvgIpc) is 2.33. The molecule has 92 valence electrons. The van der Waals surface area contributed by atoms with Crippen LogP contribution in [0.4, 0.5) is 0 Å². The molecule has 0 fully saturated rings. The van der Waals surface area contributed by atoms with Crippen molar-refractivity contribution in [3.05, 3.63) is 30.1 Å². The van der Waals surface area contributed by atoms with Crippen molar-refractivity contribution in [3.63, 3.8) is 0 Å². The van der Waals surface area contributed by atoms with Gasteiger partial charge in [-0.25, -0.2) is 0 Å². The van der Waals surface area contributed by atoms with Gasteiger partial charge in [0.25, 0.3) is 0 Å². The van der Waals surface area contributed by atoms with Crippen LogP contribution in [0.3, 0.4) is 0 Å². The van der Waals surface area contributed by atoms with Gasteiger partial charge in [0, 0.05) is 12.4 Å². The minimum absolute atomic E-state index is 0.807. The smallest absolute Gasteiger partial charge is 0.0270 e. The first-order chi connectivity index (χ1) is 7.74. The normalized spacial score (nSPS) is 11.9. The molecule has 4 N–H and O–H groups in total. The van der Waals surface area contributed by atoms with Crippen molar-refractivity contribution in [2.75, 3.05) is 0 Å². The van der Waals surface area contributed by atoms with Crippen LogP contribution in [0.15, 0.2) is 24.5 Å². The molecule has 3 nitrogen and oxygen atoms in total. The van der Waals surface area contributed by atoms with Gasteiger partial charge in [0.2, 0.25) is 0 Å². The Morgan fingerprint density at radius 1 is 1.19 bits per heavy atom. The van der Waals surface area contributed by atoms with E-state index in [1.165, 1.54) is 24.8 Å². The van der Waals surface area contributed by atoms with E-state index < -0.39 is 0 Å². The second-order valence-electron chi connectivity index (χ2n) is 4.31. The molecule has 16 heavy (non-hydrogen) atoms. The summed E-state index contributed by atoms with van der Waals surface area (Å²) < 4.78 is 0. The number of aryl methyl sites for hydroxylation is 1. The van der Waals surface area contributed by atoms with Crippen LogP contribution >= 0.6 is 0 Å². The second-order valence-corrected chi connectivity index (χ2v) is 4.31. The van der Waals surface area contributed by atoms with Crippen molar-refractivity contribution < 1.29 is 0 Å². The summed E-state index contributed by atoms with van der Waals surface area (Å²) >= 11 is 0. The third-order valence-corrected chi connectivity index (χ3v) is 3.02. The number of pyridine rings is 1. The van der Waals surface area contributed by atoms with Crippen molar-refractivity contribution in [2.45, 2.75) is 40.0 Å². The van der Waals surface area contributed by atoms with Crippen LogP contribution in [0.1, 0.15) is 39.2 Å². The van der Waals surface area contributed by atoms with Crippen LogP contribution < -0.4 is 11.7 Å². The Morgan fingerprint density at radius 2 is 1.75 bits per heavy atom. The molecular formula is C13H25N3. The van der Waals surface area contributed by atoms with E-state index in [2.05, 4.69) is 49.6 Å². The van der Waals surface area contributed by atoms with E-state index in [9.17, 15) is 0 Å². The first-order valence-corrected chi connectivity index (χ1v) is 5.96. The number of hydrogen-bond acceptors (Lipinski definition) is 3. The van der Waals surface area contributed by atoms with Crippen molar-refractivity contribution in [1.29, 1.82) is 0 Å². The van der Waals surface area contributed by atoms with Crippen LogP contribution in [-0.2, 0) is 6.42 Å². The summed E-state index contributed by atoms with van der Waals surface area (Å²) in [7, 11) is 0. The molecule has 0 saturated carbocycles. The van der Waals surface area contributed by atoms with Gasteiger partial charge in [-0.1, -0.05) is 27.2 Å². The number of nitrogens with two attached hydrogens (primary N) is 2. The maximum Gasteiger partial charge on any atom is 0.0270 e. The lowest BCUT2D eigenvalue weighted by Crippen LogP contribution is -2.08. The van der Waals surface area contributed by atoms with Crippen molar-refractivity contribution >= 4 is 0 Å². The second kappa shape index (κ2) is 9.31. The highest BCUT2D eigenvalue weighted by Crippen LogP contribution is 2.20. The molecule has 1 heterocycles. The Bertz CT molecular complexity index is 247. The molecule has 1 aromatic heterocycles. The predicted octanol–water partition coefficient (Wildman–Crippen LogP) is 2.52. The van der Waals surface area contributed by atoms with E-state index in [4.69, 9.17) is 0 Å². The Labute approximate surface area is 99.2 Å². The van der Waals surface area contributed by atoms with Gasteiger partial charge >= 0.3 is 0 Å². The van der Waals surface area contributed by atoms with E-state index >= 15 is 0 Å². The van der Waals surface area contributed by atoms with E-state index in [1.54, 1.807) is 0 Å². The number of hydrazine groups is 1. The standard InChI is InChI=1S/C13H21N.H4N2/c1-4-13(11(2)3)6-5-12-7-9-14-10-8-12;1-2/h7-11,13H,4-6H2,1-3H3;1-2H2. The molecule has 1 atom stereocenters. The Kier molecular flexibility index (Phi) is 8.77. The molecule has 0 radical (unpaired) electrons. The molecule has 1 unspecified atom stereocenters. The van der Waals surface area contributed by atoms with Crippen molar-refractivity contribution in [3.8, 4) is 0 Å². The zero-order valence-corrected chi connectivity index (χ0v) is 10.7. The first kappa shape index (κ1) is 15.1. The van der Waals surface area contributed by atoms with Crippen LogP contribution in [0.5, 0.6) is 0 Å². The fraction of sp³-hybridized carbons (Fsp3) is 0.615. The van der Waals surface area contributed by atoms with Crippen LogP contribution in [-0.4, -0.2) is 4.98 Å². The Morgan fingerprint density at radius 3 is 2.19 bits per heavy atom. The molecule has 3 heteroatoms. The summed E-state index contributed by atoms with van der Waals surface area (Å²) in [6.07, 6.45) is 7.55. The number of aromatic nitrogens is 1. The summed E-state index contributed by atoms with van der Waals surface area (Å²) in [5.41, 5.74) is 1.42. The van der Waals surface area contributed by atoms with E-state index in [1.807, 2.05) is 12.4 Å². The largest absolute Gasteiger partial charge is 0.274 e. The minimum Gasteiger partial charge on any atom is -0.274 e. The number of hydrogen-bond donors (Lipinski definition) is 2. The van der Waals surface area contributed by atoms with Crippen LogP contribution in [0.2, 0.25) is 0 Å². The molecule has 0 saturated heterocycles. The summed E-state index contributed by atoms with van der Waals surface area (Å²) in [6.45, 7) is 6.93. The molecule has 0 amide bonds. The lowest BCUT2D eigenvalue weighted by molar-refractivity contribution is 0.349. The quantitative estimate of drug-likeness (QED) is 0.595. The minimum atomic E-state index is 0.807. The Hall–Kier alpha value is -0.930. The maximum absolute atomic E-state index is 4.03. The molecule has 1 aromatic rings. The highest BCUT2D eigenvalue weighted by Gasteiger charge is 2.10. The molecule has 0 aromatic carbocycles. The van der Waals surface area contributed by atoms with Crippen molar-refractivity contribution in [2.24, 2.45) is 23.5 Å². The van der Waals surface area contributed by atoms with Crippen molar-refractivity contribution in [1.82, 2.24) is 4.98 Å². The van der Waals surface area contributed by atoms with Gasteiger partial charge < -0.3 is 0 Å². The third-order valence-electron chi connectivity index (χ3n) is 3.02. The van der Waals surface area contributed by atoms with Crippen LogP contribution in [0, 0.1) is 11.8 Å². The van der Waals surface area contributed by atoms with E-state index in [0.717, 1.165) is 11.8 Å². The highest BCUT2D eigenvalue weighted by atomic mass is 15.0. The summed E-state index contributed by atoms with van der Waals surface area (Å²) in [4.78, 5) is 4.03. The maximum atomic E-state index is 4.03. The van der Waals surface area contributed by atoms with Gasteiger partial charge in [-0.3, -0.25) is 16.7 Å².